The number of halogens is 3. The molecule has 3 fully saturated rings. The van der Waals surface area contributed by atoms with Crippen LogP contribution >= 0.6 is 0 Å². The number of likely N-dealkylation sites (tertiary alicyclic amines) is 1. The Morgan fingerprint density at radius 3 is 2.46 bits per heavy atom. The van der Waals surface area contributed by atoms with Crippen molar-refractivity contribution < 1.29 is 27.4 Å². The zero-order valence-electron chi connectivity index (χ0n) is 23.7. The normalized spacial score (nSPS) is 23.6. The molecule has 0 aliphatic carbocycles. The Labute approximate surface area is 239 Å². The third-order valence-corrected chi connectivity index (χ3v) is 8.09. The average molecular weight is 580 g/mol. The van der Waals surface area contributed by atoms with Crippen LogP contribution < -0.4 is 16.0 Å². The number of aliphatic imine (C=N–C) groups is 1. The number of amides is 1. The highest BCUT2D eigenvalue weighted by atomic mass is 19.4. The van der Waals surface area contributed by atoms with Gasteiger partial charge in [0.1, 0.15) is 11.5 Å². The first-order valence-electron chi connectivity index (χ1n) is 14.0. The number of alkyl halides is 3. The van der Waals surface area contributed by atoms with Crippen molar-refractivity contribution in [1.29, 1.82) is 0 Å². The number of nitrogens with two attached hydrogens (primary N) is 1. The van der Waals surface area contributed by atoms with E-state index in [9.17, 15) is 18.0 Å². The number of methoxy groups -OCH3 is 1. The first-order chi connectivity index (χ1) is 19.6. The zero-order valence-corrected chi connectivity index (χ0v) is 23.7. The van der Waals surface area contributed by atoms with Crippen LogP contribution in [0.5, 0.6) is 0 Å². The first-order valence-corrected chi connectivity index (χ1v) is 14.0. The molecule has 3 aliphatic heterocycles. The Hall–Kier alpha value is -3.16. The van der Waals surface area contributed by atoms with E-state index in [-0.39, 0.29) is 29.8 Å². The highest BCUT2D eigenvalue weighted by Crippen LogP contribution is 2.30. The van der Waals surface area contributed by atoms with Gasteiger partial charge in [0, 0.05) is 82.5 Å². The third-order valence-electron chi connectivity index (χ3n) is 8.09. The molecule has 3 N–H and O–H groups in total. The molecule has 0 radical (unpaired) electrons. The minimum atomic E-state index is -4.42. The summed E-state index contributed by atoms with van der Waals surface area (Å²) in [6, 6.07) is 2.96. The van der Waals surface area contributed by atoms with Crippen LogP contribution in [0.4, 0.5) is 19.0 Å². The predicted octanol–water partition coefficient (Wildman–Crippen LogP) is 2.38. The van der Waals surface area contributed by atoms with Gasteiger partial charge in [-0.2, -0.15) is 13.2 Å². The lowest BCUT2D eigenvalue weighted by Crippen LogP contribution is -2.54. The van der Waals surface area contributed by atoms with E-state index in [0.717, 1.165) is 37.9 Å². The molecule has 1 aromatic rings. The Morgan fingerprint density at radius 2 is 1.88 bits per heavy atom. The summed E-state index contributed by atoms with van der Waals surface area (Å²) in [5.74, 6) is 0.309. The lowest BCUT2D eigenvalue weighted by atomic mass is 9.99. The number of piperazine rings is 1. The minimum Gasteiger partial charge on any atom is -0.390 e. The summed E-state index contributed by atoms with van der Waals surface area (Å²) in [5.41, 5.74) is 6.43. The van der Waals surface area contributed by atoms with E-state index in [0.29, 0.717) is 69.6 Å². The summed E-state index contributed by atoms with van der Waals surface area (Å²) in [6.45, 7) is 10.8. The van der Waals surface area contributed by atoms with Gasteiger partial charge >= 0.3 is 6.18 Å². The molecule has 1 amide bonds. The average Bonchev–Trinajstić information content (AvgIpc) is 2.99. The van der Waals surface area contributed by atoms with E-state index in [1.165, 1.54) is 6.07 Å². The van der Waals surface area contributed by atoms with Gasteiger partial charge < -0.3 is 35.2 Å². The van der Waals surface area contributed by atoms with Gasteiger partial charge in [-0.1, -0.05) is 6.58 Å². The molecular formula is C28H40F3N7O3. The molecule has 0 saturated carbocycles. The molecule has 0 spiro atoms. The molecular weight excluding hydrogens is 539 g/mol. The van der Waals surface area contributed by atoms with Crippen LogP contribution in [0.2, 0.25) is 0 Å². The molecule has 0 aromatic carbocycles. The summed E-state index contributed by atoms with van der Waals surface area (Å²) in [6.07, 6.45) is 0.125. The van der Waals surface area contributed by atoms with E-state index in [2.05, 4.69) is 21.9 Å². The molecule has 0 bridgehead atoms. The van der Waals surface area contributed by atoms with Crippen LogP contribution in [0.3, 0.4) is 0 Å². The number of hydrogen-bond acceptors (Lipinski definition) is 8. The standard InChI is InChI=1S/C28H40F3N7O3/c1-19(20(2)36-11-13-37(14-12-36)25-5-4-21(16-33-25)28(29,30)31)26(34-18-32)27(39)38-9-6-22(7-10-38)35-23-8-15-41-17-24(23)40-3/h4-5,16,18,22-24,35H,2,6-15,17H2,1,3H3,(H2,32,34)/b26-19-. The van der Waals surface area contributed by atoms with E-state index >= 15 is 0 Å². The van der Waals surface area contributed by atoms with Gasteiger partial charge in [-0.15, -0.1) is 0 Å². The number of rotatable bonds is 8. The number of ether oxygens (including phenoxy) is 2. The molecule has 3 saturated heterocycles. The topological polar surface area (TPSA) is 109 Å². The molecule has 2 unspecified atom stereocenters. The van der Waals surface area contributed by atoms with E-state index in [1.807, 2.05) is 21.6 Å². The third kappa shape index (κ3) is 7.57. The summed E-state index contributed by atoms with van der Waals surface area (Å²) >= 11 is 0. The van der Waals surface area contributed by atoms with Gasteiger partial charge in [0.2, 0.25) is 0 Å². The summed E-state index contributed by atoms with van der Waals surface area (Å²) in [7, 11) is 1.70. The molecule has 41 heavy (non-hydrogen) atoms. The van der Waals surface area contributed by atoms with Crippen molar-refractivity contribution in [2.24, 2.45) is 10.7 Å². The van der Waals surface area contributed by atoms with E-state index in [4.69, 9.17) is 15.2 Å². The van der Waals surface area contributed by atoms with Crippen LogP contribution in [-0.2, 0) is 20.4 Å². The first kappa shape index (κ1) is 30.8. The van der Waals surface area contributed by atoms with Crippen LogP contribution in [0.1, 0.15) is 31.7 Å². The number of piperidine rings is 1. The Morgan fingerprint density at radius 1 is 1.17 bits per heavy atom. The second-order valence-corrected chi connectivity index (χ2v) is 10.6. The number of hydrogen-bond donors (Lipinski definition) is 2. The number of carbonyl (C=O) groups is 1. The zero-order chi connectivity index (χ0) is 29.6. The molecule has 226 valence electrons. The number of carbonyl (C=O) groups excluding carboxylic acids is 1. The van der Waals surface area contributed by atoms with Crippen molar-refractivity contribution in [3.8, 4) is 0 Å². The van der Waals surface area contributed by atoms with E-state index < -0.39 is 11.7 Å². The number of allylic oxidation sites excluding steroid dienone is 1. The van der Waals surface area contributed by atoms with Crippen molar-refractivity contribution in [3.05, 3.63) is 47.4 Å². The Kier molecular flexibility index (Phi) is 10.3. The van der Waals surface area contributed by atoms with Crippen molar-refractivity contribution in [1.82, 2.24) is 20.1 Å². The molecule has 3 aliphatic rings. The monoisotopic (exact) mass is 579 g/mol. The number of anilines is 1. The highest BCUT2D eigenvalue weighted by molar-refractivity contribution is 5.95. The van der Waals surface area contributed by atoms with Crippen LogP contribution in [0.15, 0.2) is 46.9 Å². The van der Waals surface area contributed by atoms with Gasteiger partial charge in [0.05, 0.1) is 24.6 Å². The number of aromatic nitrogens is 1. The maximum atomic E-state index is 13.5. The summed E-state index contributed by atoms with van der Waals surface area (Å²) in [4.78, 5) is 27.6. The van der Waals surface area contributed by atoms with Gasteiger partial charge in [-0.05, 0) is 38.3 Å². The van der Waals surface area contributed by atoms with E-state index in [1.54, 1.807) is 7.11 Å². The molecule has 4 rings (SSSR count). The van der Waals surface area contributed by atoms with Crippen LogP contribution in [0, 0.1) is 0 Å². The molecule has 1 aromatic heterocycles. The SMILES string of the molecule is C=C(/C(C)=C(\N=C/N)C(=O)N1CCC(NC2CCOCC2OC)CC1)N1CCN(c2ccc(C(F)(F)F)cn2)CC1. The predicted molar refractivity (Wildman–Crippen MR) is 150 cm³/mol. The van der Waals surface area contributed by atoms with Crippen LogP contribution in [0.25, 0.3) is 0 Å². The smallest absolute Gasteiger partial charge is 0.390 e. The fraction of sp³-hybridized carbons (Fsp3) is 0.607. The van der Waals surface area contributed by atoms with Gasteiger partial charge in [-0.25, -0.2) is 9.98 Å². The Bertz CT molecular complexity index is 1110. The lowest BCUT2D eigenvalue weighted by molar-refractivity contribution is -0.137. The summed E-state index contributed by atoms with van der Waals surface area (Å²) < 4.78 is 49.7. The van der Waals surface area contributed by atoms with Gasteiger partial charge in [0.25, 0.3) is 5.91 Å². The summed E-state index contributed by atoms with van der Waals surface area (Å²) in [5, 5.41) is 3.70. The van der Waals surface area contributed by atoms with Gasteiger partial charge in [-0.3, -0.25) is 4.79 Å². The maximum absolute atomic E-state index is 13.5. The van der Waals surface area contributed by atoms with Crippen molar-refractivity contribution in [3.63, 3.8) is 0 Å². The van der Waals surface area contributed by atoms with Crippen LogP contribution in [-0.4, -0.2) is 105 Å². The lowest BCUT2D eigenvalue weighted by Gasteiger charge is -2.39. The minimum absolute atomic E-state index is 0.0264. The Balaban J connectivity index is 1.33. The molecule has 4 heterocycles. The molecule has 2 atom stereocenters. The quantitative estimate of drug-likeness (QED) is 0.209. The van der Waals surface area contributed by atoms with Gasteiger partial charge in [0.15, 0.2) is 0 Å². The number of pyridine rings is 1. The fourth-order valence-electron chi connectivity index (χ4n) is 5.54. The molecule has 13 heteroatoms. The van der Waals surface area contributed by atoms with Crippen molar-refractivity contribution >= 4 is 18.1 Å². The number of nitrogens with zero attached hydrogens (tertiary/aromatic N) is 5. The number of nitrogens with one attached hydrogen (secondary N) is 1. The second-order valence-electron chi connectivity index (χ2n) is 10.6. The van der Waals surface area contributed by atoms with Crippen molar-refractivity contribution in [2.45, 2.75) is 50.6 Å². The van der Waals surface area contributed by atoms with Crippen molar-refractivity contribution in [2.75, 3.05) is 64.5 Å². The second kappa shape index (κ2) is 13.7. The largest absolute Gasteiger partial charge is 0.417 e. The highest BCUT2D eigenvalue weighted by Gasteiger charge is 2.33. The fourth-order valence-corrected chi connectivity index (χ4v) is 5.54. The maximum Gasteiger partial charge on any atom is 0.417 e. The molecule has 10 nitrogen and oxygen atoms in total.